The van der Waals surface area contributed by atoms with E-state index in [1.54, 1.807) is 12.1 Å². The standard InChI is InChI=1S/C48H24F18O3/c1-2-3-21-4-6-22(7-5-21)25-11-31(49)41(32(50)12-25)46(61,62)67-28-9-23(26-13-33(51)42(34(52)14-26)47(63,64)68-29-17-37(55)44(59)38(56)18-29)8-24(10-28)27-15-35(53)43(36(54)16-27)48(65,66)69-30-19-39(57)45(60)40(58)20-30/h4-20H,2-3H2,1H3. The summed E-state index contributed by atoms with van der Waals surface area (Å²) in [6.07, 6.45) is -13.9. The topological polar surface area (TPSA) is 27.7 Å². The largest absolute Gasteiger partial charge is 0.432 e. The van der Waals surface area contributed by atoms with Crippen LogP contribution in [0.4, 0.5) is 79.0 Å². The zero-order valence-corrected chi connectivity index (χ0v) is 34.3. The molecule has 3 nitrogen and oxygen atoms in total. The number of alkyl halides is 6. The van der Waals surface area contributed by atoms with E-state index in [9.17, 15) is 26.3 Å². The first-order chi connectivity index (χ1) is 32.3. The number of aryl methyl sites for hydroxylation is 1. The summed E-state index contributed by atoms with van der Waals surface area (Å²) >= 11 is 0. The second kappa shape index (κ2) is 18.6. The van der Waals surface area contributed by atoms with Gasteiger partial charge in [-0.3, -0.25) is 0 Å². The van der Waals surface area contributed by atoms with Gasteiger partial charge >= 0.3 is 18.3 Å². The van der Waals surface area contributed by atoms with Gasteiger partial charge < -0.3 is 14.2 Å². The molecular weight excluding hydrogens is 966 g/mol. The van der Waals surface area contributed by atoms with Crippen molar-refractivity contribution in [1.29, 1.82) is 0 Å². The molecule has 0 heterocycles. The number of hydrogen-bond donors (Lipinski definition) is 0. The highest BCUT2D eigenvalue weighted by molar-refractivity contribution is 5.76. The fraction of sp³-hybridized carbons (Fsp3) is 0.125. The van der Waals surface area contributed by atoms with E-state index in [1.807, 2.05) is 6.92 Å². The number of rotatable bonds is 14. The summed E-state index contributed by atoms with van der Waals surface area (Å²) in [4.78, 5) is 0. The van der Waals surface area contributed by atoms with Crippen molar-refractivity contribution in [2.75, 3.05) is 0 Å². The third kappa shape index (κ3) is 10.3. The number of benzene rings is 7. The van der Waals surface area contributed by atoms with Crippen LogP contribution in [0.5, 0.6) is 17.2 Å². The van der Waals surface area contributed by atoms with Crippen LogP contribution >= 0.6 is 0 Å². The van der Waals surface area contributed by atoms with E-state index < -0.39 is 144 Å². The first-order valence-corrected chi connectivity index (χ1v) is 19.5. The van der Waals surface area contributed by atoms with Crippen LogP contribution in [-0.2, 0) is 24.7 Å². The Morgan fingerprint density at radius 3 is 0.870 bits per heavy atom. The Hall–Kier alpha value is -7.32. The normalized spacial score (nSPS) is 12.1. The zero-order valence-electron chi connectivity index (χ0n) is 34.3. The molecule has 0 atom stereocenters. The molecule has 21 heteroatoms. The smallest absolute Gasteiger partial charge is 0.429 e. The van der Waals surface area contributed by atoms with E-state index in [2.05, 4.69) is 14.2 Å². The van der Waals surface area contributed by atoms with Crippen molar-refractivity contribution in [3.63, 3.8) is 0 Å². The third-order valence-corrected chi connectivity index (χ3v) is 10.1. The predicted octanol–water partition coefficient (Wildman–Crippen LogP) is 15.7. The Labute approximate surface area is 376 Å². The van der Waals surface area contributed by atoms with E-state index in [-0.39, 0.29) is 59.7 Å². The predicted molar refractivity (Wildman–Crippen MR) is 209 cm³/mol. The van der Waals surface area contributed by atoms with E-state index in [1.165, 1.54) is 12.1 Å². The van der Waals surface area contributed by atoms with Gasteiger partial charge in [0.05, 0.1) is 0 Å². The highest BCUT2D eigenvalue weighted by atomic mass is 19.3. The highest BCUT2D eigenvalue weighted by Crippen LogP contribution is 2.44. The van der Waals surface area contributed by atoms with Gasteiger partial charge in [0.1, 0.15) is 68.8 Å². The minimum atomic E-state index is -5.13. The first-order valence-electron chi connectivity index (χ1n) is 19.5. The Morgan fingerprint density at radius 1 is 0.319 bits per heavy atom. The number of halogens is 18. The summed E-state index contributed by atoms with van der Waals surface area (Å²) in [5, 5.41) is 0. The summed E-state index contributed by atoms with van der Waals surface area (Å²) < 4.78 is 280. The van der Waals surface area contributed by atoms with Crippen LogP contribution in [0.2, 0.25) is 0 Å². The summed E-state index contributed by atoms with van der Waals surface area (Å²) in [7, 11) is 0. The van der Waals surface area contributed by atoms with Crippen LogP contribution in [0, 0.1) is 69.8 Å². The van der Waals surface area contributed by atoms with E-state index in [0.717, 1.165) is 12.0 Å². The number of ether oxygens (including phenoxy) is 3. The molecule has 0 saturated heterocycles. The molecular formula is C48H24F18O3. The molecule has 0 bridgehead atoms. The molecule has 7 rings (SSSR count). The molecule has 0 N–H and O–H groups in total. The first kappa shape index (κ1) is 49.6. The molecule has 360 valence electrons. The van der Waals surface area contributed by atoms with Gasteiger partial charge in [0.25, 0.3) is 0 Å². The van der Waals surface area contributed by atoms with E-state index in [0.29, 0.717) is 36.8 Å². The summed E-state index contributed by atoms with van der Waals surface area (Å²) in [5.74, 6) is -29.1. The molecule has 0 unspecified atom stereocenters. The maximum absolute atomic E-state index is 16.0. The van der Waals surface area contributed by atoms with Crippen molar-refractivity contribution in [3.05, 3.63) is 195 Å². The molecule has 0 aliphatic carbocycles. The van der Waals surface area contributed by atoms with Crippen LogP contribution in [-0.4, -0.2) is 0 Å². The fourth-order valence-electron chi connectivity index (χ4n) is 6.98. The monoisotopic (exact) mass is 990 g/mol. The van der Waals surface area contributed by atoms with Gasteiger partial charge in [0.15, 0.2) is 34.9 Å². The molecule has 0 aromatic heterocycles. The molecule has 0 spiro atoms. The average molecular weight is 991 g/mol. The summed E-state index contributed by atoms with van der Waals surface area (Å²) in [6.45, 7) is 1.90. The van der Waals surface area contributed by atoms with Gasteiger partial charge in [-0.05, 0) is 100.0 Å². The van der Waals surface area contributed by atoms with Crippen LogP contribution in [0.1, 0.15) is 35.6 Å². The second-order valence-corrected chi connectivity index (χ2v) is 14.9. The van der Waals surface area contributed by atoms with Gasteiger partial charge in [-0.25, -0.2) is 52.7 Å². The zero-order chi connectivity index (χ0) is 50.5. The molecule has 7 aromatic carbocycles. The molecule has 69 heavy (non-hydrogen) atoms. The maximum atomic E-state index is 16.0. The lowest BCUT2D eigenvalue weighted by atomic mass is 9.96. The Balaban J connectivity index is 1.31. The van der Waals surface area contributed by atoms with Crippen LogP contribution in [0.25, 0.3) is 33.4 Å². The van der Waals surface area contributed by atoms with Gasteiger partial charge in [-0.1, -0.05) is 37.6 Å². The Kier molecular flexibility index (Phi) is 13.4. The van der Waals surface area contributed by atoms with Gasteiger partial charge in [0.2, 0.25) is 0 Å². The number of hydrogen-bond acceptors (Lipinski definition) is 3. The molecule has 0 fully saturated rings. The van der Waals surface area contributed by atoms with Crippen molar-refractivity contribution in [2.24, 2.45) is 0 Å². The second-order valence-electron chi connectivity index (χ2n) is 14.9. The molecule has 0 saturated carbocycles. The SMILES string of the molecule is CCCc1ccc(-c2cc(F)c(C(F)(F)Oc3cc(-c4cc(F)c(C(F)(F)Oc5cc(F)c(F)c(F)c5)c(F)c4)cc(-c4cc(F)c(C(F)(F)Oc5cc(F)c(F)c(F)c5)c(F)c4)c3)c(F)c2)cc1. The summed E-state index contributed by atoms with van der Waals surface area (Å²) in [6, 6.07) is 8.93. The van der Waals surface area contributed by atoms with Crippen molar-refractivity contribution in [2.45, 2.75) is 38.1 Å². The van der Waals surface area contributed by atoms with Gasteiger partial charge in [-0.15, -0.1) is 0 Å². The molecule has 7 aromatic rings. The van der Waals surface area contributed by atoms with Crippen LogP contribution in [0.3, 0.4) is 0 Å². The van der Waals surface area contributed by atoms with E-state index >= 15 is 52.7 Å². The van der Waals surface area contributed by atoms with Crippen molar-refractivity contribution < 1.29 is 93.2 Å². The average Bonchev–Trinajstić information content (AvgIpc) is 3.23. The van der Waals surface area contributed by atoms with E-state index in [4.69, 9.17) is 0 Å². The van der Waals surface area contributed by atoms with Crippen molar-refractivity contribution in [3.8, 4) is 50.6 Å². The van der Waals surface area contributed by atoms with Gasteiger partial charge in [-0.2, -0.15) is 26.3 Å². The highest BCUT2D eigenvalue weighted by Gasteiger charge is 2.44. The minimum absolute atomic E-state index is 0.0857. The minimum Gasteiger partial charge on any atom is -0.429 e. The lowest BCUT2D eigenvalue weighted by Crippen LogP contribution is -2.26. The Morgan fingerprint density at radius 2 is 0.580 bits per heavy atom. The van der Waals surface area contributed by atoms with Crippen molar-refractivity contribution >= 4 is 0 Å². The third-order valence-electron chi connectivity index (χ3n) is 10.1. The molecule has 0 aliphatic heterocycles. The Bertz CT molecular complexity index is 2860. The molecule has 0 radical (unpaired) electrons. The van der Waals surface area contributed by atoms with Crippen LogP contribution in [0.15, 0.2) is 103 Å². The maximum Gasteiger partial charge on any atom is 0.432 e. The molecule has 0 amide bonds. The van der Waals surface area contributed by atoms with Crippen LogP contribution < -0.4 is 14.2 Å². The lowest BCUT2D eigenvalue weighted by Gasteiger charge is -2.22. The quantitative estimate of drug-likeness (QED) is 0.0803. The summed E-state index contributed by atoms with van der Waals surface area (Å²) in [5.41, 5.74) is -8.98. The fourth-order valence-corrected chi connectivity index (χ4v) is 6.98. The molecule has 0 aliphatic rings. The lowest BCUT2D eigenvalue weighted by molar-refractivity contribution is -0.190. The van der Waals surface area contributed by atoms with Crippen molar-refractivity contribution in [1.82, 2.24) is 0 Å². The van der Waals surface area contributed by atoms with Gasteiger partial charge in [0, 0.05) is 24.3 Å².